The first kappa shape index (κ1) is 34.6. The van der Waals surface area contributed by atoms with Gasteiger partial charge < -0.3 is 9.64 Å². The lowest BCUT2D eigenvalue weighted by molar-refractivity contribution is 0.436. The van der Waals surface area contributed by atoms with Gasteiger partial charge in [0, 0.05) is 33.6 Å². The second-order valence-electron chi connectivity index (χ2n) is 16.8. The Morgan fingerprint density at radius 1 is 0.317 bits per heavy atom. The Labute approximate surface area is 351 Å². The Morgan fingerprint density at radius 3 is 1.55 bits per heavy atom. The zero-order chi connectivity index (χ0) is 40.0. The summed E-state index contributed by atoms with van der Waals surface area (Å²) in [7, 11) is 0. The van der Waals surface area contributed by atoms with E-state index in [1.54, 1.807) is 0 Å². The van der Waals surface area contributed by atoms with Gasteiger partial charge in [-0.15, -0.1) is 0 Å². The molecule has 0 fully saturated rings. The zero-order valence-electron chi connectivity index (χ0n) is 33.6. The summed E-state index contributed by atoms with van der Waals surface area (Å²) in [5, 5.41) is 0. The summed E-state index contributed by atoms with van der Waals surface area (Å²) in [6.07, 6.45) is 0. The van der Waals surface area contributed by atoms with E-state index in [9.17, 15) is 0 Å². The van der Waals surface area contributed by atoms with Gasteiger partial charge in [0.1, 0.15) is 11.5 Å². The number of nitrogens with zero attached hydrogens (tertiary/aromatic N) is 1. The van der Waals surface area contributed by atoms with Gasteiger partial charge in [0.15, 0.2) is 0 Å². The van der Waals surface area contributed by atoms with E-state index in [4.69, 9.17) is 4.74 Å². The van der Waals surface area contributed by atoms with Gasteiger partial charge in [0.25, 0.3) is 0 Å². The zero-order valence-corrected chi connectivity index (χ0v) is 33.6. The number of fused-ring (bicyclic) bond motifs is 12. The van der Waals surface area contributed by atoms with Crippen molar-refractivity contribution in [2.24, 2.45) is 0 Å². The topological polar surface area (TPSA) is 12.5 Å². The molecular formula is C58H41NO. The lowest BCUT2D eigenvalue weighted by atomic mass is 9.66. The van der Waals surface area contributed by atoms with E-state index in [1.165, 1.54) is 61.2 Å². The summed E-state index contributed by atoms with van der Waals surface area (Å²) in [6.45, 7) is 4.72. The number of anilines is 3. The summed E-state index contributed by atoms with van der Waals surface area (Å²) < 4.78 is 6.84. The average Bonchev–Trinajstić information content (AvgIpc) is 3.72. The van der Waals surface area contributed by atoms with E-state index < -0.39 is 5.41 Å². The SMILES string of the molecule is CC1(C)c2ccccc2-c2ccc(N(c3ccc(-c4ccccc4)cc3)c3ccc4c(c3)-c3ccccc3C43c4ccccc4Oc4cc(-c5ccccc5)ccc43)cc21. The van der Waals surface area contributed by atoms with Crippen molar-refractivity contribution >= 4 is 17.1 Å². The minimum atomic E-state index is -0.560. The molecule has 9 aromatic carbocycles. The molecule has 60 heavy (non-hydrogen) atoms. The summed E-state index contributed by atoms with van der Waals surface area (Å²) in [5.74, 6) is 1.78. The van der Waals surface area contributed by atoms with E-state index in [0.29, 0.717) is 0 Å². The predicted octanol–water partition coefficient (Wildman–Crippen LogP) is 15.3. The van der Waals surface area contributed by atoms with Crippen LogP contribution in [0.3, 0.4) is 0 Å². The molecule has 1 atom stereocenters. The standard InChI is InChI=1S/C58H41NO/c1-57(2)49-21-11-9-19-45(49)47-32-30-44(37-54(47)57)59(42-28-25-40(26-29-42)38-15-5-3-6-16-38)43-31-34-51-48(36-43)46-20-10-12-22-50(46)58(51)52-23-13-14-24-55(52)60-56-35-41(27-33-53(56)58)39-17-7-4-8-18-39/h3-37H,1-2H3. The molecule has 2 heteroatoms. The van der Waals surface area contributed by atoms with Gasteiger partial charge in [-0.2, -0.15) is 0 Å². The van der Waals surface area contributed by atoms with Crippen LogP contribution in [0.15, 0.2) is 212 Å². The van der Waals surface area contributed by atoms with Gasteiger partial charge >= 0.3 is 0 Å². The molecule has 1 aliphatic heterocycles. The van der Waals surface area contributed by atoms with Crippen LogP contribution < -0.4 is 9.64 Å². The monoisotopic (exact) mass is 767 g/mol. The molecule has 0 saturated heterocycles. The molecule has 284 valence electrons. The molecule has 0 bridgehead atoms. The smallest absolute Gasteiger partial charge is 0.132 e. The van der Waals surface area contributed by atoms with Gasteiger partial charge in [-0.1, -0.05) is 178 Å². The third kappa shape index (κ3) is 4.94. The maximum atomic E-state index is 6.84. The van der Waals surface area contributed by atoms with Crippen LogP contribution in [0, 0.1) is 0 Å². The first-order valence-electron chi connectivity index (χ1n) is 20.9. The highest BCUT2D eigenvalue weighted by atomic mass is 16.5. The number of benzene rings is 9. The minimum absolute atomic E-state index is 0.127. The number of rotatable bonds is 5. The van der Waals surface area contributed by atoms with Crippen LogP contribution in [-0.2, 0) is 10.8 Å². The second-order valence-corrected chi connectivity index (χ2v) is 16.8. The lowest BCUT2D eigenvalue weighted by Gasteiger charge is -2.39. The number of hydrogen-bond donors (Lipinski definition) is 0. The fourth-order valence-electron chi connectivity index (χ4n) is 10.6. The fraction of sp³-hybridized carbons (Fsp3) is 0.0690. The van der Waals surface area contributed by atoms with Gasteiger partial charge in [0.2, 0.25) is 0 Å². The van der Waals surface area contributed by atoms with Gasteiger partial charge in [-0.05, 0) is 115 Å². The van der Waals surface area contributed by atoms with Crippen LogP contribution >= 0.6 is 0 Å². The molecule has 0 N–H and O–H groups in total. The Hall–Kier alpha value is -7.42. The molecule has 2 aliphatic carbocycles. The molecule has 0 amide bonds. The average molecular weight is 768 g/mol. The van der Waals surface area contributed by atoms with E-state index in [1.807, 2.05) is 0 Å². The van der Waals surface area contributed by atoms with E-state index in [-0.39, 0.29) is 5.41 Å². The van der Waals surface area contributed by atoms with Crippen molar-refractivity contribution in [2.45, 2.75) is 24.7 Å². The summed E-state index contributed by atoms with van der Waals surface area (Å²) in [4.78, 5) is 2.44. The molecule has 0 aromatic heterocycles. The number of hydrogen-bond acceptors (Lipinski definition) is 2. The Bertz CT molecular complexity index is 3150. The molecule has 1 unspecified atom stereocenters. The minimum Gasteiger partial charge on any atom is -0.457 e. The van der Waals surface area contributed by atoms with Crippen molar-refractivity contribution in [3.63, 3.8) is 0 Å². The van der Waals surface area contributed by atoms with E-state index in [0.717, 1.165) is 45.3 Å². The highest BCUT2D eigenvalue weighted by Crippen LogP contribution is 2.63. The third-order valence-electron chi connectivity index (χ3n) is 13.3. The fourth-order valence-corrected chi connectivity index (χ4v) is 10.6. The van der Waals surface area contributed by atoms with Gasteiger partial charge in [-0.25, -0.2) is 0 Å². The molecule has 3 aliphatic rings. The van der Waals surface area contributed by atoms with Crippen LogP contribution in [0.1, 0.15) is 47.2 Å². The molecule has 2 nitrogen and oxygen atoms in total. The summed E-state index contributed by atoms with van der Waals surface area (Å²) in [5.41, 5.74) is 20.1. The van der Waals surface area contributed by atoms with Crippen molar-refractivity contribution < 1.29 is 4.74 Å². The molecule has 1 spiro atoms. The van der Waals surface area contributed by atoms with Crippen LogP contribution in [0.2, 0.25) is 0 Å². The normalized spacial score (nSPS) is 15.8. The lowest BCUT2D eigenvalue weighted by Crippen LogP contribution is -2.32. The van der Waals surface area contributed by atoms with E-state index in [2.05, 4.69) is 231 Å². The molecule has 0 radical (unpaired) electrons. The van der Waals surface area contributed by atoms with Crippen molar-refractivity contribution in [3.05, 3.63) is 246 Å². The second kappa shape index (κ2) is 13.0. The Morgan fingerprint density at radius 2 is 0.800 bits per heavy atom. The summed E-state index contributed by atoms with van der Waals surface area (Å²) >= 11 is 0. The Kier molecular flexibility index (Phi) is 7.52. The quantitative estimate of drug-likeness (QED) is 0.173. The first-order chi connectivity index (χ1) is 29.5. The highest BCUT2D eigenvalue weighted by molar-refractivity contribution is 5.93. The predicted molar refractivity (Wildman–Crippen MR) is 247 cm³/mol. The molecule has 9 aromatic rings. The van der Waals surface area contributed by atoms with Crippen LogP contribution in [0.4, 0.5) is 17.1 Å². The number of ether oxygens (including phenoxy) is 1. The largest absolute Gasteiger partial charge is 0.457 e. The van der Waals surface area contributed by atoms with Crippen molar-refractivity contribution in [2.75, 3.05) is 4.90 Å². The maximum Gasteiger partial charge on any atom is 0.132 e. The van der Waals surface area contributed by atoms with Gasteiger partial charge in [0.05, 0.1) is 5.41 Å². The first-order valence-corrected chi connectivity index (χ1v) is 20.9. The Balaban J connectivity index is 1.07. The van der Waals surface area contributed by atoms with Crippen molar-refractivity contribution in [1.82, 2.24) is 0 Å². The van der Waals surface area contributed by atoms with Crippen LogP contribution in [0.5, 0.6) is 11.5 Å². The summed E-state index contributed by atoms with van der Waals surface area (Å²) in [6, 6.07) is 77.8. The molecule has 12 rings (SSSR count). The van der Waals surface area contributed by atoms with Gasteiger partial charge in [-0.3, -0.25) is 0 Å². The van der Waals surface area contributed by atoms with Crippen LogP contribution in [0.25, 0.3) is 44.5 Å². The molecule has 0 saturated carbocycles. The molecular weight excluding hydrogens is 727 g/mol. The van der Waals surface area contributed by atoms with Crippen molar-refractivity contribution in [1.29, 1.82) is 0 Å². The number of para-hydroxylation sites is 1. The van der Waals surface area contributed by atoms with Crippen molar-refractivity contribution in [3.8, 4) is 56.0 Å². The van der Waals surface area contributed by atoms with Crippen LogP contribution in [-0.4, -0.2) is 0 Å². The molecule has 1 heterocycles. The third-order valence-corrected chi connectivity index (χ3v) is 13.3. The van der Waals surface area contributed by atoms with E-state index >= 15 is 0 Å². The highest BCUT2D eigenvalue weighted by Gasteiger charge is 2.51. The maximum absolute atomic E-state index is 6.84.